The van der Waals surface area contributed by atoms with Crippen LogP contribution in [0.1, 0.15) is 11.4 Å². The van der Waals surface area contributed by atoms with Gasteiger partial charge < -0.3 is 15.6 Å². The SMILES string of the molecule is C#CCNC(=CS(=O)(=O)c1ccc(Cl)cc1)NCCSCc1nc[nH]c1C. The van der Waals surface area contributed by atoms with Gasteiger partial charge >= 0.3 is 0 Å². The number of thioether (sulfide) groups is 1. The summed E-state index contributed by atoms with van der Waals surface area (Å²) in [5.41, 5.74) is 2.08. The van der Waals surface area contributed by atoms with E-state index in [1.165, 1.54) is 24.3 Å². The fourth-order valence-electron chi connectivity index (χ4n) is 2.10. The van der Waals surface area contributed by atoms with Crippen molar-refractivity contribution in [2.75, 3.05) is 18.8 Å². The molecule has 2 rings (SSSR count). The summed E-state index contributed by atoms with van der Waals surface area (Å²) in [5, 5.41) is 7.62. The van der Waals surface area contributed by atoms with Crippen LogP contribution >= 0.6 is 23.4 Å². The minimum absolute atomic E-state index is 0.164. The lowest BCUT2D eigenvalue weighted by Gasteiger charge is -2.12. The number of nitrogens with one attached hydrogen (secondary N) is 3. The number of aromatic amines is 1. The zero-order valence-corrected chi connectivity index (χ0v) is 17.2. The lowest BCUT2D eigenvalue weighted by Crippen LogP contribution is -2.29. The standard InChI is InChI=1S/C18H21ClN4O2S2/c1-3-8-20-18(12-27(24,25)16-6-4-15(19)5-7-16)21-9-10-26-11-17-14(2)22-13-23-17/h1,4-7,12-13,20-21H,8-11H2,2H3,(H,22,23). The number of sulfone groups is 1. The summed E-state index contributed by atoms with van der Waals surface area (Å²) in [6.45, 7) is 2.77. The molecule has 6 nitrogen and oxygen atoms in total. The Bertz CT molecular complexity index is 916. The molecule has 0 fully saturated rings. The maximum Gasteiger partial charge on any atom is 0.203 e. The summed E-state index contributed by atoms with van der Waals surface area (Å²) in [4.78, 5) is 7.45. The Kier molecular flexibility index (Phi) is 8.10. The highest BCUT2D eigenvalue weighted by molar-refractivity contribution is 7.98. The molecule has 0 saturated carbocycles. The number of imidazole rings is 1. The zero-order chi connectivity index (χ0) is 19.7. The molecule has 0 unspecified atom stereocenters. The predicted molar refractivity (Wildman–Crippen MR) is 111 cm³/mol. The van der Waals surface area contributed by atoms with Gasteiger partial charge in [0.05, 0.1) is 28.9 Å². The number of nitrogens with zero attached hydrogens (tertiary/aromatic N) is 1. The lowest BCUT2D eigenvalue weighted by atomic mass is 10.4. The van der Waals surface area contributed by atoms with E-state index in [1.54, 1.807) is 18.1 Å². The van der Waals surface area contributed by atoms with Crippen molar-refractivity contribution >= 4 is 33.2 Å². The maximum atomic E-state index is 12.5. The van der Waals surface area contributed by atoms with E-state index >= 15 is 0 Å². The highest BCUT2D eigenvalue weighted by Gasteiger charge is 2.13. The number of hydrogen-bond donors (Lipinski definition) is 3. The molecule has 0 radical (unpaired) electrons. The number of aryl methyl sites for hydroxylation is 1. The zero-order valence-electron chi connectivity index (χ0n) is 14.8. The van der Waals surface area contributed by atoms with Crippen LogP contribution in [0, 0.1) is 19.3 Å². The number of aromatic nitrogens is 2. The summed E-state index contributed by atoms with van der Waals surface area (Å²) >= 11 is 7.52. The minimum atomic E-state index is -3.63. The molecule has 144 valence electrons. The fourth-order valence-corrected chi connectivity index (χ4v) is 4.23. The Morgan fingerprint density at radius 3 is 2.74 bits per heavy atom. The van der Waals surface area contributed by atoms with E-state index in [1.807, 2.05) is 6.92 Å². The van der Waals surface area contributed by atoms with E-state index < -0.39 is 9.84 Å². The number of terminal acetylenes is 1. The lowest BCUT2D eigenvalue weighted by molar-refractivity contribution is 0.603. The molecule has 1 heterocycles. The largest absolute Gasteiger partial charge is 0.370 e. The van der Waals surface area contributed by atoms with Crippen molar-refractivity contribution in [2.24, 2.45) is 0 Å². The van der Waals surface area contributed by atoms with E-state index in [4.69, 9.17) is 18.0 Å². The van der Waals surface area contributed by atoms with Crippen LogP contribution in [-0.2, 0) is 15.6 Å². The molecule has 0 spiro atoms. The van der Waals surface area contributed by atoms with Crippen LogP contribution in [-0.4, -0.2) is 37.2 Å². The Labute approximate surface area is 169 Å². The van der Waals surface area contributed by atoms with Crippen molar-refractivity contribution in [3.63, 3.8) is 0 Å². The van der Waals surface area contributed by atoms with Gasteiger partial charge in [-0.2, -0.15) is 11.8 Å². The van der Waals surface area contributed by atoms with Crippen LogP contribution < -0.4 is 10.6 Å². The second-order valence-corrected chi connectivity index (χ2v) is 8.88. The van der Waals surface area contributed by atoms with Gasteiger partial charge in [0, 0.05) is 28.8 Å². The molecule has 27 heavy (non-hydrogen) atoms. The van der Waals surface area contributed by atoms with Gasteiger partial charge in [0.1, 0.15) is 5.82 Å². The molecule has 3 N–H and O–H groups in total. The fraction of sp³-hybridized carbons (Fsp3) is 0.278. The molecule has 0 bridgehead atoms. The van der Waals surface area contributed by atoms with Crippen LogP contribution in [0.2, 0.25) is 5.02 Å². The highest BCUT2D eigenvalue weighted by atomic mass is 35.5. The molecule has 1 aromatic carbocycles. The molecule has 2 aromatic rings. The van der Waals surface area contributed by atoms with Crippen molar-refractivity contribution in [1.29, 1.82) is 0 Å². The van der Waals surface area contributed by atoms with E-state index in [-0.39, 0.29) is 11.4 Å². The average Bonchev–Trinajstić information content (AvgIpc) is 3.04. The second kappa shape index (κ2) is 10.3. The molecular formula is C18H21ClN4O2S2. The van der Waals surface area contributed by atoms with Crippen molar-refractivity contribution in [3.05, 3.63) is 58.2 Å². The number of rotatable bonds is 10. The number of H-pyrrole nitrogens is 1. The third-order valence-corrected chi connectivity index (χ3v) is 6.23. The third kappa shape index (κ3) is 6.86. The summed E-state index contributed by atoms with van der Waals surface area (Å²) in [5.74, 6) is 4.37. The van der Waals surface area contributed by atoms with Crippen LogP contribution in [0.25, 0.3) is 0 Å². The highest BCUT2D eigenvalue weighted by Crippen LogP contribution is 2.17. The molecule has 0 aliphatic carbocycles. The summed E-state index contributed by atoms with van der Waals surface area (Å²) in [6.07, 6.45) is 6.94. The van der Waals surface area contributed by atoms with Gasteiger partial charge in [-0.1, -0.05) is 17.5 Å². The Balaban J connectivity index is 1.95. The van der Waals surface area contributed by atoms with Crippen molar-refractivity contribution < 1.29 is 8.42 Å². The quantitative estimate of drug-likeness (QED) is 0.401. The van der Waals surface area contributed by atoms with Gasteiger partial charge in [0.15, 0.2) is 0 Å². The van der Waals surface area contributed by atoms with Gasteiger partial charge in [-0.25, -0.2) is 13.4 Å². The summed E-state index contributed by atoms with van der Waals surface area (Å²) < 4.78 is 25.1. The molecule has 0 atom stereocenters. The van der Waals surface area contributed by atoms with Gasteiger partial charge in [0.2, 0.25) is 9.84 Å². The molecule has 0 amide bonds. The first-order chi connectivity index (χ1) is 12.9. The van der Waals surface area contributed by atoms with Crippen molar-refractivity contribution in [3.8, 4) is 12.3 Å². The molecule has 0 aliphatic heterocycles. The molecule has 9 heteroatoms. The van der Waals surface area contributed by atoms with Gasteiger partial charge in [0.25, 0.3) is 0 Å². The van der Waals surface area contributed by atoms with Crippen LogP contribution in [0.4, 0.5) is 0 Å². The third-order valence-electron chi connectivity index (χ3n) is 3.53. The Morgan fingerprint density at radius 1 is 1.37 bits per heavy atom. The monoisotopic (exact) mass is 424 g/mol. The van der Waals surface area contributed by atoms with E-state index in [9.17, 15) is 8.42 Å². The van der Waals surface area contributed by atoms with E-state index in [0.29, 0.717) is 17.4 Å². The smallest absolute Gasteiger partial charge is 0.203 e. The van der Waals surface area contributed by atoms with E-state index in [2.05, 4.69) is 26.5 Å². The maximum absolute atomic E-state index is 12.5. The first-order valence-electron chi connectivity index (χ1n) is 8.12. The first kappa shape index (κ1) is 21.2. The molecular weight excluding hydrogens is 404 g/mol. The minimum Gasteiger partial charge on any atom is -0.370 e. The van der Waals surface area contributed by atoms with Gasteiger partial charge in [-0.05, 0) is 31.2 Å². The first-order valence-corrected chi connectivity index (χ1v) is 11.2. The van der Waals surface area contributed by atoms with Gasteiger partial charge in [-0.3, -0.25) is 0 Å². The van der Waals surface area contributed by atoms with Crippen LogP contribution in [0.15, 0.2) is 46.7 Å². The van der Waals surface area contributed by atoms with Crippen LogP contribution in [0.5, 0.6) is 0 Å². The Hall–Kier alpha value is -2.08. The molecule has 0 saturated heterocycles. The number of halogens is 1. The second-order valence-electron chi connectivity index (χ2n) is 5.54. The number of benzene rings is 1. The number of hydrogen-bond acceptors (Lipinski definition) is 6. The normalized spacial score (nSPS) is 11.8. The molecule has 1 aromatic heterocycles. The van der Waals surface area contributed by atoms with E-state index in [0.717, 1.165) is 28.3 Å². The molecule has 0 aliphatic rings. The van der Waals surface area contributed by atoms with Gasteiger partial charge in [-0.15, -0.1) is 6.42 Å². The summed E-state index contributed by atoms with van der Waals surface area (Å²) in [6, 6.07) is 6.01. The Morgan fingerprint density at radius 2 is 2.11 bits per heavy atom. The summed E-state index contributed by atoms with van der Waals surface area (Å²) in [7, 11) is -3.63. The predicted octanol–water partition coefficient (Wildman–Crippen LogP) is 2.69. The van der Waals surface area contributed by atoms with Crippen LogP contribution in [0.3, 0.4) is 0 Å². The average molecular weight is 425 g/mol. The van der Waals surface area contributed by atoms with Crippen molar-refractivity contribution in [2.45, 2.75) is 17.6 Å². The topological polar surface area (TPSA) is 86.9 Å². The van der Waals surface area contributed by atoms with Crippen molar-refractivity contribution in [1.82, 2.24) is 20.6 Å².